The van der Waals surface area contributed by atoms with Gasteiger partial charge in [0.2, 0.25) is 5.91 Å². The predicted molar refractivity (Wildman–Crippen MR) is 83.4 cm³/mol. The van der Waals surface area contributed by atoms with Crippen molar-refractivity contribution in [3.63, 3.8) is 0 Å². The average Bonchev–Trinajstić information content (AvgIpc) is 2.90. The summed E-state index contributed by atoms with van der Waals surface area (Å²) in [5, 5.41) is 30.9. The molecule has 2 aliphatic carbocycles. The first-order valence-electron chi connectivity index (χ1n) is 7.53. The first kappa shape index (κ1) is 14.5. The second-order valence-corrected chi connectivity index (χ2v) is 6.92. The van der Waals surface area contributed by atoms with Crippen molar-refractivity contribution in [2.45, 2.75) is 30.9 Å². The van der Waals surface area contributed by atoms with Crippen molar-refractivity contribution in [1.82, 2.24) is 15.5 Å². The second-order valence-electron chi connectivity index (χ2n) is 6.48. The number of benzene rings is 1. The molecule has 23 heavy (non-hydrogen) atoms. The zero-order chi connectivity index (χ0) is 16.2. The number of nitrogens with one attached hydrogen (secondary N) is 2. The number of carbonyl (C=O) groups is 1. The molecular weight excluding hydrogens is 316 g/mol. The highest BCUT2D eigenvalue weighted by Crippen LogP contribution is 2.60. The molecule has 0 spiro atoms. The molecule has 118 valence electrons. The minimum absolute atomic E-state index is 0.0788. The molecule has 1 aromatic heterocycles. The van der Waals surface area contributed by atoms with Gasteiger partial charge in [-0.1, -0.05) is 11.6 Å². The first-order chi connectivity index (χ1) is 11.0. The lowest BCUT2D eigenvalue weighted by atomic mass is 9.86. The van der Waals surface area contributed by atoms with E-state index in [4.69, 9.17) is 16.9 Å². The number of aliphatic hydroxyl groups is 1. The lowest BCUT2D eigenvalue weighted by molar-refractivity contribution is -0.120. The quantitative estimate of drug-likeness (QED) is 0.799. The monoisotopic (exact) mass is 330 g/mol. The SMILES string of the molecule is N#CCC(=O)NC1[C@H]2CC(O)(c3cc(Cl)cc4[nH]ncc34)C[C@@H]12. The van der Waals surface area contributed by atoms with E-state index in [9.17, 15) is 9.90 Å². The molecule has 0 radical (unpaired) electrons. The molecule has 2 unspecified atom stereocenters. The van der Waals surface area contributed by atoms with E-state index in [1.165, 1.54) is 0 Å². The van der Waals surface area contributed by atoms with Gasteiger partial charge >= 0.3 is 0 Å². The van der Waals surface area contributed by atoms with Crippen molar-refractivity contribution < 1.29 is 9.90 Å². The Bertz CT molecular complexity index is 828. The maximum atomic E-state index is 11.5. The number of amides is 1. The van der Waals surface area contributed by atoms with Crippen LogP contribution >= 0.6 is 11.6 Å². The standard InChI is InChI=1S/C16H15ClN4O2/c17-8-3-12(11-7-19-21-13(11)4-8)16(23)5-9-10(6-16)15(9)20-14(22)1-2-18/h3-4,7,9-10,15,23H,1,5-6H2,(H,19,21)(H,20,22)/t9-,10+,15?,16?. The third kappa shape index (κ3) is 2.28. The highest BCUT2D eigenvalue weighted by molar-refractivity contribution is 6.31. The van der Waals surface area contributed by atoms with Gasteiger partial charge in [-0.3, -0.25) is 9.89 Å². The summed E-state index contributed by atoms with van der Waals surface area (Å²) in [6.07, 6.45) is 2.74. The molecule has 2 aliphatic rings. The Morgan fingerprint density at radius 2 is 2.26 bits per heavy atom. The summed E-state index contributed by atoms with van der Waals surface area (Å²) < 4.78 is 0. The third-order valence-corrected chi connectivity index (χ3v) is 5.29. The van der Waals surface area contributed by atoms with Crippen molar-refractivity contribution in [1.29, 1.82) is 5.26 Å². The van der Waals surface area contributed by atoms with Crippen LogP contribution in [0.3, 0.4) is 0 Å². The zero-order valence-corrected chi connectivity index (χ0v) is 13.0. The summed E-state index contributed by atoms with van der Waals surface area (Å²) in [6, 6.07) is 5.51. The van der Waals surface area contributed by atoms with Crippen LogP contribution in [0.15, 0.2) is 18.3 Å². The minimum Gasteiger partial charge on any atom is -0.385 e. The van der Waals surface area contributed by atoms with Crippen LogP contribution in [-0.2, 0) is 10.4 Å². The molecule has 4 atom stereocenters. The largest absolute Gasteiger partial charge is 0.385 e. The fourth-order valence-corrected chi connectivity index (χ4v) is 4.23. The second kappa shape index (κ2) is 4.95. The predicted octanol–water partition coefficient (Wildman–Crippen LogP) is 1.84. The van der Waals surface area contributed by atoms with Gasteiger partial charge in [-0.05, 0) is 42.4 Å². The molecule has 2 saturated carbocycles. The number of rotatable bonds is 3. The van der Waals surface area contributed by atoms with E-state index in [1.807, 2.05) is 6.07 Å². The van der Waals surface area contributed by atoms with Crippen molar-refractivity contribution >= 4 is 28.4 Å². The molecule has 1 amide bonds. The van der Waals surface area contributed by atoms with Crippen molar-refractivity contribution in [2.24, 2.45) is 11.8 Å². The van der Waals surface area contributed by atoms with Crippen molar-refractivity contribution in [3.8, 4) is 6.07 Å². The van der Waals surface area contributed by atoms with E-state index in [-0.39, 0.29) is 30.2 Å². The lowest BCUT2D eigenvalue weighted by Gasteiger charge is -2.27. The summed E-state index contributed by atoms with van der Waals surface area (Å²) in [7, 11) is 0. The number of nitriles is 1. The molecule has 7 heteroatoms. The number of nitrogens with zero attached hydrogens (tertiary/aromatic N) is 2. The van der Waals surface area contributed by atoms with Gasteiger partial charge in [0, 0.05) is 16.5 Å². The Balaban J connectivity index is 1.55. The molecular formula is C16H15ClN4O2. The summed E-state index contributed by atoms with van der Waals surface area (Å²) in [6.45, 7) is 0. The van der Waals surface area contributed by atoms with Crippen molar-refractivity contribution in [2.75, 3.05) is 0 Å². The Morgan fingerprint density at radius 1 is 1.52 bits per heavy atom. The van der Waals surface area contributed by atoms with E-state index in [0.29, 0.717) is 17.9 Å². The number of aromatic nitrogens is 2. The van der Waals surface area contributed by atoms with E-state index < -0.39 is 5.60 Å². The number of carbonyl (C=O) groups excluding carboxylic acids is 1. The highest BCUT2D eigenvalue weighted by atomic mass is 35.5. The van der Waals surface area contributed by atoms with Gasteiger partial charge in [0.05, 0.1) is 23.4 Å². The summed E-state index contributed by atoms with van der Waals surface area (Å²) in [4.78, 5) is 11.5. The number of aromatic amines is 1. The van der Waals surface area contributed by atoms with Crippen LogP contribution in [0, 0.1) is 23.2 Å². The van der Waals surface area contributed by atoms with Crippen LogP contribution in [0.4, 0.5) is 0 Å². The molecule has 1 heterocycles. The Morgan fingerprint density at radius 3 is 2.96 bits per heavy atom. The van der Waals surface area contributed by atoms with Gasteiger partial charge in [0.1, 0.15) is 6.42 Å². The molecule has 0 bridgehead atoms. The molecule has 4 rings (SSSR count). The van der Waals surface area contributed by atoms with Gasteiger partial charge in [-0.15, -0.1) is 0 Å². The Hall–Kier alpha value is -2.10. The van der Waals surface area contributed by atoms with Crippen LogP contribution in [0.2, 0.25) is 5.02 Å². The van der Waals surface area contributed by atoms with Crippen LogP contribution in [-0.4, -0.2) is 27.3 Å². The van der Waals surface area contributed by atoms with Gasteiger partial charge < -0.3 is 10.4 Å². The van der Waals surface area contributed by atoms with E-state index in [0.717, 1.165) is 16.5 Å². The number of hydrogen-bond acceptors (Lipinski definition) is 4. The third-order valence-electron chi connectivity index (χ3n) is 5.07. The Kier molecular flexibility index (Phi) is 3.12. The van der Waals surface area contributed by atoms with Gasteiger partial charge in [-0.25, -0.2) is 0 Å². The van der Waals surface area contributed by atoms with Crippen LogP contribution in [0.5, 0.6) is 0 Å². The number of H-pyrrole nitrogens is 1. The van der Waals surface area contributed by atoms with E-state index in [1.54, 1.807) is 18.3 Å². The smallest absolute Gasteiger partial charge is 0.234 e. The minimum atomic E-state index is -0.946. The van der Waals surface area contributed by atoms with Crippen LogP contribution in [0.1, 0.15) is 24.8 Å². The molecule has 6 nitrogen and oxygen atoms in total. The highest BCUT2D eigenvalue weighted by Gasteiger charge is 2.62. The molecule has 0 saturated heterocycles. The number of fused-ring (bicyclic) bond motifs is 2. The maximum absolute atomic E-state index is 11.5. The van der Waals surface area contributed by atoms with E-state index >= 15 is 0 Å². The van der Waals surface area contributed by atoms with Gasteiger partial charge in [0.25, 0.3) is 0 Å². The van der Waals surface area contributed by atoms with Crippen LogP contribution < -0.4 is 5.32 Å². The fourth-order valence-electron chi connectivity index (χ4n) is 4.01. The molecule has 3 N–H and O–H groups in total. The first-order valence-corrected chi connectivity index (χ1v) is 7.91. The topological polar surface area (TPSA) is 102 Å². The van der Waals surface area contributed by atoms with E-state index in [2.05, 4.69) is 15.5 Å². The maximum Gasteiger partial charge on any atom is 0.234 e. The Labute approximate surface area is 137 Å². The van der Waals surface area contributed by atoms with Crippen LogP contribution in [0.25, 0.3) is 10.9 Å². The fraction of sp³-hybridized carbons (Fsp3) is 0.438. The molecule has 2 fully saturated rings. The number of hydrogen-bond donors (Lipinski definition) is 3. The van der Waals surface area contributed by atoms with Gasteiger partial charge in [-0.2, -0.15) is 10.4 Å². The summed E-state index contributed by atoms with van der Waals surface area (Å²) in [5.74, 6) is 0.266. The summed E-state index contributed by atoms with van der Waals surface area (Å²) >= 11 is 6.15. The molecule has 2 aromatic rings. The average molecular weight is 331 g/mol. The zero-order valence-electron chi connectivity index (χ0n) is 12.2. The number of halogens is 1. The lowest BCUT2D eigenvalue weighted by Crippen LogP contribution is -2.33. The molecule has 1 aromatic carbocycles. The molecule has 0 aliphatic heterocycles. The van der Waals surface area contributed by atoms with Gasteiger partial charge in [0.15, 0.2) is 0 Å². The normalized spacial score (nSPS) is 31.6. The summed E-state index contributed by atoms with van der Waals surface area (Å²) in [5.41, 5.74) is 0.655. The van der Waals surface area contributed by atoms with Crippen molar-refractivity contribution in [3.05, 3.63) is 28.9 Å².